The molecule has 0 saturated carbocycles. The van der Waals surface area contributed by atoms with Crippen LogP contribution in [0.15, 0.2) is 28.7 Å². The van der Waals surface area contributed by atoms with Gasteiger partial charge >= 0.3 is 6.18 Å². The van der Waals surface area contributed by atoms with Crippen LogP contribution in [0.3, 0.4) is 0 Å². The quantitative estimate of drug-likeness (QED) is 0.725. The first-order valence-corrected chi connectivity index (χ1v) is 10.4. The summed E-state index contributed by atoms with van der Waals surface area (Å²) in [7, 11) is 0. The Balaban J connectivity index is 1.51. The summed E-state index contributed by atoms with van der Waals surface area (Å²) in [6.45, 7) is 3.88. The normalized spacial score (nSPS) is 22.7. The molecule has 162 valence electrons. The zero-order chi connectivity index (χ0) is 21.3. The van der Waals surface area contributed by atoms with E-state index in [1.165, 1.54) is 18.2 Å². The molecule has 2 atom stereocenters. The van der Waals surface area contributed by atoms with Gasteiger partial charge in [-0.1, -0.05) is 19.1 Å². The van der Waals surface area contributed by atoms with Crippen LogP contribution in [0.4, 0.5) is 13.2 Å². The van der Waals surface area contributed by atoms with Crippen LogP contribution in [0.1, 0.15) is 50.5 Å². The third-order valence-electron chi connectivity index (χ3n) is 6.05. The summed E-state index contributed by atoms with van der Waals surface area (Å²) in [4.78, 5) is 16.5. The molecular formula is C21H25F3N4O2. The molecule has 0 radical (unpaired) electrons. The molecular weight excluding hydrogens is 397 g/mol. The van der Waals surface area contributed by atoms with E-state index < -0.39 is 11.7 Å². The molecule has 2 unspecified atom stereocenters. The molecule has 30 heavy (non-hydrogen) atoms. The highest BCUT2D eigenvalue weighted by atomic mass is 19.4. The molecule has 2 fully saturated rings. The van der Waals surface area contributed by atoms with E-state index in [-0.39, 0.29) is 29.4 Å². The van der Waals surface area contributed by atoms with Crippen molar-refractivity contribution in [2.75, 3.05) is 13.1 Å². The Morgan fingerprint density at radius 3 is 2.63 bits per heavy atom. The fourth-order valence-electron chi connectivity index (χ4n) is 4.71. The maximum atomic E-state index is 13.3. The van der Waals surface area contributed by atoms with Crippen LogP contribution in [-0.4, -0.2) is 51.1 Å². The first-order chi connectivity index (χ1) is 14.4. The van der Waals surface area contributed by atoms with Gasteiger partial charge in [0.2, 0.25) is 17.7 Å². The number of carbonyl (C=O) groups excluding carboxylic acids is 1. The summed E-state index contributed by atoms with van der Waals surface area (Å²) in [5.74, 6) is 0.339. The molecule has 1 amide bonds. The molecule has 0 aliphatic carbocycles. The topological polar surface area (TPSA) is 62.5 Å². The third-order valence-corrected chi connectivity index (χ3v) is 6.05. The van der Waals surface area contributed by atoms with Gasteiger partial charge in [0, 0.05) is 25.0 Å². The lowest BCUT2D eigenvalue weighted by Gasteiger charge is -2.34. The van der Waals surface area contributed by atoms with Gasteiger partial charge in [-0.15, -0.1) is 10.2 Å². The second-order valence-corrected chi connectivity index (χ2v) is 7.87. The molecule has 2 aliphatic rings. The van der Waals surface area contributed by atoms with Gasteiger partial charge in [-0.05, 0) is 44.4 Å². The minimum Gasteiger partial charge on any atom is -0.419 e. The molecule has 9 heteroatoms. The van der Waals surface area contributed by atoms with E-state index in [1.807, 2.05) is 11.8 Å². The summed E-state index contributed by atoms with van der Waals surface area (Å²) in [6, 6.07) is 5.59. The molecule has 2 aromatic rings. The maximum Gasteiger partial charge on any atom is 0.417 e. The van der Waals surface area contributed by atoms with Crippen molar-refractivity contribution < 1.29 is 22.4 Å². The number of benzene rings is 1. The monoisotopic (exact) mass is 422 g/mol. The Bertz CT molecular complexity index is 898. The number of likely N-dealkylation sites (tertiary alicyclic amines) is 2. The number of carbonyl (C=O) groups is 1. The van der Waals surface area contributed by atoms with Gasteiger partial charge in [-0.3, -0.25) is 9.69 Å². The maximum absolute atomic E-state index is 13.3. The number of halogens is 3. The first-order valence-electron chi connectivity index (χ1n) is 10.4. The van der Waals surface area contributed by atoms with Gasteiger partial charge in [0.25, 0.3) is 0 Å². The second-order valence-electron chi connectivity index (χ2n) is 7.87. The van der Waals surface area contributed by atoms with Gasteiger partial charge in [0.05, 0.1) is 17.7 Å². The summed E-state index contributed by atoms with van der Waals surface area (Å²) in [6.07, 6.45) is -0.0399. The summed E-state index contributed by atoms with van der Waals surface area (Å²) in [5, 5.41) is 7.88. The third kappa shape index (κ3) is 4.08. The first kappa shape index (κ1) is 20.8. The number of hydrogen-bond donors (Lipinski definition) is 0. The molecule has 0 spiro atoms. The fourth-order valence-corrected chi connectivity index (χ4v) is 4.71. The zero-order valence-corrected chi connectivity index (χ0v) is 16.9. The van der Waals surface area contributed by atoms with Crippen molar-refractivity contribution >= 4 is 5.91 Å². The minimum absolute atomic E-state index is 0.114. The summed E-state index contributed by atoms with van der Waals surface area (Å²) < 4.78 is 45.5. The Morgan fingerprint density at radius 1 is 1.13 bits per heavy atom. The van der Waals surface area contributed by atoms with Gasteiger partial charge in [0.1, 0.15) is 0 Å². The molecule has 2 saturated heterocycles. The molecule has 0 bridgehead atoms. The van der Waals surface area contributed by atoms with E-state index in [0.717, 1.165) is 44.8 Å². The van der Waals surface area contributed by atoms with Crippen molar-refractivity contribution in [3.8, 4) is 11.5 Å². The molecule has 0 N–H and O–H groups in total. The Labute approximate surface area is 173 Å². The van der Waals surface area contributed by atoms with E-state index in [2.05, 4.69) is 15.1 Å². The average Bonchev–Trinajstić information content (AvgIpc) is 3.47. The molecule has 6 nitrogen and oxygen atoms in total. The highest BCUT2D eigenvalue weighted by Crippen LogP contribution is 2.37. The van der Waals surface area contributed by atoms with Gasteiger partial charge < -0.3 is 9.32 Å². The highest BCUT2D eigenvalue weighted by Gasteiger charge is 2.40. The van der Waals surface area contributed by atoms with Crippen molar-refractivity contribution in [3.63, 3.8) is 0 Å². The Hall–Kier alpha value is -2.42. The van der Waals surface area contributed by atoms with Gasteiger partial charge in [0.15, 0.2) is 0 Å². The van der Waals surface area contributed by atoms with Crippen LogP contribution in [-0.2, 0) is 17.5 Å². The van der Waals surface area contributed by atoms with Crippen molar-refractivity contribution in [3.05, 3.63) is 35.7 Å². The smallest absolute Gasteiger partial charge is 0.417 e. The molecule has 3 heterocycles. The van der Waals surface area contributed by atoms with Crippen molar-refractivity contribution in [2.24, 2.45) is 0 Å². The lowest BCUT2D eigenvalue weighted by atomic mass is 10.0. The highest BCUT2D eigenvalue weighted by molar-refractivity contribution is 5.76. The van der Waals surface area contributed by atoms with Crippen LogP contribution in [0.25, 0.3) is 11.5 Å². The standard InChI is InChI=1S/C21H25F3N4O2/c1-2-19(29)28-12-6-10-17(28)16-9-5-11-27(16)13-18-25-26-20(30-18)14-7-3-4-8-15(14)21(22,23)24/h3-4,7-8,16-17H,2,5-6,9-13H2,1H3. The molecule has 1 aromatic carbocycles. The lowest BCUT2D eigenvalue weighted by molar-refractivity contribution is -0.137. The van der Waals surface area contributed by atoms with E-state index in [1.54, 1.807) is 0 Å². The number of alkyl halides is 3. The minimum atomic E-state index is -4.50. The predicted molar refractivity (Wildman–Crippen MR) is 103 cm³/mol. The second kappa shape index (κ2) is 8.37. The van der Waals surface area contributed by atoms with Crippen LogP contribution < -0.4 is 0 Å². The van der Waals surface area contributed by atoms with Crippen LogP contribution in [0, 0.1) is 0 Å². The van der Waals surface area contributed by atoms with Crippen LogP contribution in [0.2, 0.25) is 0 Å². The van der Waals surface area contributed by atoms with E-state index >= 15 is 0 Å². The zero-order valence-electron chi connectivity index (χ0n) is 16.9. The largest absolute Gasteiger partial charge is 0.419 e. The average molecular weight is 422 g/mol. The SMILES string of the molecule is CCC(=O)N1CCCC1C1CCCN1Cc1nnc(-c2ccccc2C(F)(F)F)o1. The molecule has 4 rings (SSSR count). The number of amides is 1. The number of rotatable bonds is 5. The molecule has 1 aromatic heterocycles. The van der Waals surface area contributed by atoms with Crippen LogP contribution >= 0.6 is 0 Å². The van der Waals surface area contributed by atoms with Gasteiger partial charge in [-0.25, -0.2) is 0 Å². The van der Waals surface area contributed by atoms with E-state index in [9.17, 15) is 18.0 Å². The van der Waals surface area contributed by atoms with Crippen molar-refractivity contribution in [1.29, 1.82) is 0 Å². The fraction of sp³-hybridized carbons (Fsp3) is 0.571. The van der Waals surface area contributed by atoms with Crippen molar-refractivity contribution in [2.45, 2.75) is 63.8 Å². The number of aromatic nitrogens is 2. The number of nitrogens with zero attached hydrogens (tertiary/aromatic N) is 4. The Morgan fingerprint density at radius 2 is 1.87 bits per heavy atom. The number of hydrogen-bond acceptors (Lipinski definition) is 5. The van der Waals surface area contributed by atoms with Crippen LogP contribution in [0.5, 0.6) is 0 Å². The molecule has 2 aliphatic heterocycles. The van der Waals surface area contributed by atoms with E-state index in [0.29, 0.717) is 18.9 Å². The van der Waals surface area contributed by atoms with Gasteiger partial charge in [-0.2, -0.15) is 13.2 Å². The van der Waals surface area contributed by atoms with E-state index in [4.69, 9.17) is 4.42 Å². The Kier molecular flexibility index (Phi) is 5.81. The summed E-state index contributed by atoms with van der Waals surface area (Å²) in [5.41, 5.74) is -0.906. The summed E-state index contributed by atoms with van der Waals surface area (Å²) >= 11 is 0. The lowest BCUT2D eigenvalue weighted by Crippen LogP contribution is -2.47. The predicted octanol–water partition coefficient (Wildman–Crippen LogP) is 4.12. The van der Waals surface area contributed by atoms with Crippen molar-refractivity contribution in [1.82, 2.24) is 20.0 Å².